The maximum Gasteiger partial charge on any atom is 0.417 e. The summed E-state index contributed by atoms with van der Waals surface area (Å²) in [5.41, 5.74) is -0.866. The van der Waals surface area contributed by atoms with Crippen LogP contribution in [-0.2, 0) is 6.18 Å². The van der Waals surface area contributed by atoms with Gasteiger partial charge >= 0.3 is 6.18 Å². The minimum absolute atomic E-state index is 0.0377. The van der Waals surface area contributed by atoms with Crippen molar-refractivity contribution in [1.82, 2.24) is 5.16 Å². The van der Waals surface area contributed by atoms with Crippen LogP contribution in [0, 0.1) is 0 Å². The van der Waals surface area contributed by atoms with Gasteiger partial charge in [0, 0.05) is 16.1 Å². The first kappa shape index (κ1) is 14.1. The molecule has 1 heterocycles. The number of aliphatic hydroxyl groups is 1. The molecule has 0 saturated heterocycles. The molecule has 1 aromatic carbocycles. The lowest BCUT2D eigenvalue weighted by molar-refractivity contribution is -0.137. The Morgan fingerprint density at radius 3 is 2.53 bits per heavy atom. The van der Waals surface area contributed by atoms with Gasteiger partial charge in [-0.2, -0.15) is 13.2 Å². The Balaban J connectivity index is 2.55. The molecule has 2 rings (SSSR count). The molecule has 1 unspecified atom stereocenters. The molecule has 0 saturated carbocycles. The number of nitrogens with zero attached hydrogens (tertiary/aromatic N) is 1. The molecule has 7 heteroatoms. The van der Waals surface area contributed by atoms with Gasteiger partial charge in [0.05, 0.1) is 5.56 Å². The third-order valence-corrected chi connectivity index (χ3v) is 3.00. The maximum atomic E-state index is 13.0. The summed E-state index contributed by atoms with van der Waals surface area (Å²) in [6.45, 7) is 1.44. The van der Waals surface area contributed by atoms with Crippen LogP contribution in [0.3, 0.4) is 0 Å². The molecule has 3 nitrogen and oxygen atoms in total. The fraction of sp³-hybridized carbons (Fsp3) is 0.250. The molecule has 0 spiro atoms. The van der Waals surface area contributed by atoms with Crippen molar-refractivity contribution in [3.05, 3.63) is 40.1 Å². The zero-order chi connectivity index (χ0) is 14.2. The highest BCUT2D eigenvalue weighted by atomic mass is 79.9. The van der Waals surface area contributed by atoms with E-state index in [9.17, 15) is 18.3 Å². The molecule has 0 amide bonds. The molecule has 0 aliphatic rings. The van der Waals surface area contributed by atoms with Gasteiger partial charge in [0.1, 0.15) is 11.8 Å². The molecular weight excluding hydrogens is 327 g/mol. The van der Waals surface area contributed by atoms with Crippen molar-refractivity contribution in [2.75, 3.05) is 0 Å². The van der Waals surface area contributed by atoms with E-state index < -0.39 is 17.8 Å². The number of hydrogen-bond donors (Lipinski definition) is 1. The Morgan fingerprint density at radius 1 is 1.32 bits per heavy atom. The predicted octanol–water partition coefficient (Wildman–Crippen LogP) is 4.18. The topological polar surface area (TPSA) is 46.3 Å². The van der Waals surface area contributed by atoms with Gasteiger partial charge in [-0.25, -0.2) is 0 Å². The molecular formula is C12H9BrF3NO2. The van der Waals surface area contributed by atoms with Crippen molar-refractivity contribution in [3.8, 4) is 11.3 Å². The van der Waals surface area contributed by atoms with Crippen LogP contribution in [0.15, 0.2) is 33.3 Å². The molecule has 1 aromatic heterocycles. The second-order valence-electron chi connectivity index (χ2n) is 3.98. The molecule has 102 valence electrons. The SMILES string of the molecule is CC(O)c1cc(-c2ccc(Br)cc2C(F)(F)F)no1. The van der Waals surface area contributed by atoms with E-state index in [2.05, 4.69) is 21.1 Å². The lowest BCUT2D eigenvalue weighted by atomic mass is 10.0. The zero-order valence-corrected chi connectivity index (χ0v) is 11.3. The summed E-state index contributed by atoms with van der Waals surface area (Å²) in [6.07, 6.45) is -5.42. The Morgan fingerprint density at radius 2 is 2.00 bits per heavy atom. The highest BCUT2D eigenvalue weighted by Gasteiger charge is 2.34. The van der Waals surface area contributed by atoms with E-state index in [4.69, 9.17) is 4.52 Å². The van der Waals surface area contributed by atoms with Gasteiger partial charge in [-0.3, -0.25) is 0 Å². The van der Waals surface area contributed by atoms with Crippen LogP contribution in [-0.4, -0.2) is 10.3 Å². The Hall–Kier alpha value is -1.34. The van der Waals surface area contributed by atoms with Crippen molar-refractivity contribution in [2.45, 2.75) is 19.2 Å². The second-order valence-corrected chi connectivity index (χ2v) is 4.89. The Bertz CT molecular complexity index is 593. The number of hydrogen-bond acceptors (Lipinski definition) is 3. The number of aliphatic hydroxyl groups excluding tert-OH is 1. The average Bonchev–Trinajstić information content (AvgIpc) is 2.77. The van der Waals surface area contributed by atoms with Crippen LogP contribution >= 0.6 is 15.9 Å². The maximum absolute atomic E-state index is 13.0. The van der Waals surface area contributed by atoms with Gasteiger partial charge in [0.2, 0.25) is 0 Å². The molecule has 0 aliphatic carbocycles. The first-order valence-electron chi connectivity index (χ1n) is 5.31. The van der Waals surface area contributed by atoms with Crippen LogP contribution in [0.5, 0.6) is 0 Å². The van der Waals surface area contributed by atoms with E-state index in [1.807, 2.05) is 0 Å². The minimum Gasteiger partial charge on any atom is -0.385 e. The summed E-state index contributed by atoms with van der Waals surface area (Å²) >= 11 is 3.01. The van der Waals surface area contributed by atoms with Crippen LogP contribution in [0.25, 0.3) is 11.3 Å². The number of aromatic nitrogens is 1. The van der Waals surface area contributed by atoms with Gasteiger partial charge in [-0.05, 0) is 19.1 Å². The smallest absolute Gasteiger partial charge is 0.385 e. The first-order valence-corrected chi connectivity index (χ1v) is 6.10. The predicted molar refractivity (Wildman–Crippen MR) is 65.3 cm³/mol. The highest BCUT2D eigenvalue weighted by molar-refractivity contribution is 9.10. The molecule has 0 radical (unpaired) electrons. The van der Waals surface area contributed by atoms with E-state index in [-0.39, 0.29) is 17.0 Å². The highest BCUT2D eigenvalue weighted by Crippen LogP contribution is 2.38. The van der Waals surface area contributed by atoms with Gasteiger partial charge in [-0.1, -0.05) is 27.2 Å². The normalized spacial score (nSPS) is 13.6. The third kappa shape index (κ3) is 2.98. The van der Waals surface area contributed by atoms with E-state index in [1.54, 1.807) is 0 Å². The monoisotopic (exact) mass is 335 g/mol. The third-order valence-electron chi connectivity index (χ3n) is 2.50. The average molecular weight is 336 g/mol. The van der Waals surface area contributed by atoms with Crippen molar-refractivity contribution >= 4 is 15.9 Å². The fourth-order valence-corrected chi connectivity index (χ4v) is 1.95. The number of halogens is 4. The fourth-order valence-electron chi connectivity index (χ4n) is 1.59. The summed E-state index contributed by atoms with van der Waals surface area (Å²) in [4.78, 5) is 0. The zero-order valence-electron chi connectivity index (χ0n) is 9.70. The molecule has 19 heavy (non-hydrogen) atoms. The van der Waals surface area contributed by atoms with Gasteiger partial charge in [-0.15, -0.1) is 0 Å². The summed E-state index contributed by atoms with van der Waals surface area (Å²) in [5, 5.41) is 12.9. The Kier molecular flexibility index (Phi) is 3.69. The van der Waals surface area contributed by atoms with Crippen LogP contribution in [0.1, 0.15) is 24.4 Å². The summed E-state index contributed by atoms with van der Waals surface area (Å²) in [6, 6.07) is 5.06. The second kappa shape index (κ2) is 4.97. The van der Waals surface area contributed by atoms with Crippen molar-refractivity contribution in [2.24, 2.45) is 0 Å². The van der Waals surface area contributed by atoms with Gasteiger partial charge in [0.25, 0.3) is 0 Å². The van der Waals surface area contributed by atoms with E-state index in [1.165, 1.54) is 25.1 Å². The van der Waals surface area contributed by atoms with E-state index in [0.717, 1.165) is 6.07 Å². The van der Waals surface area contributed by atoms with E-state index in [0.29, 0.717) is 4.47 Å². The van der Waals surface area contributed by atoms with Crippen molar-refractivity contribution in [3.63, 3.8) is 0 Å². The summed E-state index contributed by atoms with van der Waals surface area (Å²) < 4.78 is 44.0. The van der Waals surface area contributed by atoms with Gasteiger partial charge < -0.3 is 9.63 Å². The van der Waals surface area contributed by atoms with Crippen LogP contribution in [0.4, 0.5) is 13.2 Å². The lowest BCUT2D eigenvalue weighted by Gasteiger charge is -2.11. The summed E-state index contributed by atoms with van der Waals surface area (Å²) in [7, 11) is 0. The van der Waals surface area contributed by atoms with Crippen molar-refractivity contribution < 1.29 is 22.8 Å². The van der Waals surface area contributed by atoms with E-state index >= 15 is 0 Å². The van der Waals surface area contributed by atoms with Crippen molar-refractivity contribution in [1.29, 1.82) is 0 Å². The van der Waals surface area contributed by atoms with Gasteiger partial charge in [0.15, 0.2) is 5.76 Å². The molecule has 0 bridgehead atoms. The van der Waals surface area contributed by atoms with Crippen LogP contribution in [0.2, 0.25) is 0 Å². The molecule has 0 fully saturated rings. The summed E-state index contributed by atoms with van der Waals surface area (Å²) in [5.74, 6) is 0.117. The number of rotatable bonds is 2. The first-order chi connectivity index (χ1) is 8.79. The molecule has 1 atom stereocenters. The standard InChI is InChI=1S/C12H9BrF3NO2/c1-6(18)11-5-10(17-19-11)8-3-2-7(13)4-9(8)12(14,15)16/h2-6,18H,1H3. The van der Waals surface area contributed by atoms with Crippen LogP contribution < -0.4 is 0 Å². The largest absolute Gasteiger partial charge is 0.417 e. The lowest BCUT2D eigenvalue weighted by Crippen LogP contribution is -2.07. The minimum atomic E-state index is -4.50. The number of alkyl halides is 3. The molecule has 1 N–H and O–H groups in total. The molecule has 2 aromatic rings. The Labute approximate surface area is 115 Å². The number of benzene rings is 1. The quantitative estimate of drug-likeness (QED) is 0.895. The molecule has 0 aliphatic heterocycles.